The van der Waals surface area contributed by atoms with Crippen molar-refractivity contribution in [2.75, 3.05) is 27.2 Å². The minimum atomic E-state index is -0.0793. The standard InChI is InChI=1S/C14H21BrN2OS/c1-14(2,9-17(3)4)8-16-13(18)11-6-5-10(15)7-12(11)19/h5-7,19H,8-9H2,1-4H3,(H,16,18). The fourth-order valence-corrected chi connectivity index (χ4v) is 2.88. The number of rotatable bonds is 5. The Bertz CT molecular complexity index is 461. The van der Waals surface area contributed by atoms with Gasteiger partial charge < -0.3 is 10.2 Å². The summed E-state index contributed by atoms with van der Waals surface area (Å²) in [5.41, 5.74) is 0.637. The van der Waals surface area contributed by atoms with E-state index in [1.54, 1.807) is 6.07 Å². The number of benzene rings is 1. The molecule has 106 valence electrons. The van der Waals surface area contributed by atoms with Crippen LogP contribution in [0.3, 0.4) is 0 Å². The molecule has 1 aromatic rings. The van der Waals surface area contributed by atoms with Gasteiger partial charge in [0, 0.05) is 22.5 Å². The second kappa shape index (κ2) is 6.77. The first-order valence-electron chi connectivity index (χ1n) is 6.13. The van der Waals surface area contributed by atoms with Crippen LogP contribution in [-0.2, 0) is 0 Å². The van der Waals surface area contributed by atoms with Crippen molar-refractivity contribution in [2.45, 2.75) is 18.7 Å². The first-order chi connectivity index (χ1) is 8.71. The second-order valence-corrected chi connectivity index (χ2v) is 7.14. The lowest BCUT2D eigenvalue weighted by molar-refractivity contribution is 0.0926. The van der Waals surface area contributed by atoms with Crippen molar-refractivity contribution >= 4 is 34.5 Å². The lowest BCUT2D eigenvalue weighted by atomic mass is 9.93. The molecule has 0 fully saturated rings. The Morgan fingerprint density at radius 2 is 2.05 bits per heavy atom. The van der Waals surface area contributed by atoms with E-state index >= 15 is 0 Å². The molecule has 0 aliphatic heterocycles. The molecule has 19 heavy (non-hydrogen) atoms. The Balaban J connectivity index is 2.65. The van der Waals surface area contributed by atoms with Gasteiger partial charge in [0.2, 0.25) is 0 Å². The molecule has 0 atom stereocenters. The Hall–Kier alpha value is -0.520. The zero-order chi connectivity index (χ0) is 14.6. The van der Waals surface area contributed by atoms with Crippen LogP contribution >= 0.6 is 28.6 Å². The van der Waals surface area contributed by atoms with E-state index < -0.39 is 0 Å². The quantitative estimate of drug-likeness (QED) is 0.804. The maximum atomic E-state index is 12.1. The fourth-order valence-electron chi connectivity index (χ4n) is 2.02. The summed E-state index contributed by atoms with van der Waals surface area (Å²) in [4.78, 5) is 14.9. The Morgan fingerprint density at radius 1 is 1.42 bits per heavy atom. The van der Waals surface area contributed by atoms with Crippen molar-refractivity contribution in [3.05, 3.63) is 28.2 Å². The Morgan fingerprint density at radius 3 is 2.58 bits per heavy atom. The first-order valence-corrected chi connectivity index (χ1v) is 7.37. The number of hydrogen-bond donors (Lipinski definition) is 2. The average molecular weight is 345 g/mol. The predicted octanol–water partition coefficient (Wildman–Crippen LogP) is 3.06. The molecule has 0 saturated carbocycles. The summed E-state index contributed by atoms with van der Waals surface area (Å²) in [6.45, 7) is 5.82. The number of halogens is 1. The maximum Gasteiger partial charge on any atom is 0.252 e. The van der Waals surface area contributed by atoms with E-state index in [1.807, 2.05) is 26.2 Å². The SMILES string of the molecule is CN(C)CC(C)(C)CNC(=O)c1ccc(Br)cc1S. The fraction of sp³-hybridized carbons (Fsp3) is 0.500. The topological polar surface area (TPSA) is 32.3 Å². The molecule has 1 aromatic carbocycles. The van der Waals surface area contributed by atoms with Gasteiger partial charge in [-0.2, -0.15) is 0 Å². The normalized spacial score (nSPS) is 11.7. The van der Waals surface area contributed by atoms with E-state index in [-0.39, 0.29) is 11.3 Å². The molecule has 0 bridgehead atoms. The molecule has 0 radical (unpaired) electrons. The number of nitrogens with one attached hydrogen (secondary N) is 1. The number of hydrogen-bond acceptors (Lipinski definition) is 3. The third-order valence-corrected chi connectivity index (χ3v) is 3.54. The summed E-state index contributed by atoms with van der Waals surface area (Å²) < 4.78 is 0.919. The van der Waals surface area contributed by atoms with Gasteiger partial charge in [-0.3, -0.25) is 4.79 Å². The van der Waals surface area contributed by atoms with Crippen LogP contribution in [0.25, 0.3) is 0 Å². The van der Waals surface area contributed by atoms with Crippen molar-refractivity contribution in [3.8, 4) is 0 Å². The molecule has 0 spiro atoms. The van der Waals surface area contributed by atoms with Gasteiger partial charge in [-0.15, -0.1) is 12.6 Å². The molecular formula is C14H21BrN2OS. The summed E-state index contributed by atoms with van der Waals surface area (Å²) in [5.74, 6) is -0.0793. The van der Waals surface area contributed by atoms with Gasteiger partial charge in [-0.05, 0) is 37.7 Å². The second-order valence-electron chi connectivity index (χ2n) is 5.75. The van der Waals surface area contributed by atoms with E-state index in [1.165, 1.54) is 0 Å². The highest BCUT2D eigenvalue weighted by atomic mass is 79.9. The Labute approximate surface area is 129 Å². The average Bonchev–Trinajstić information content (AvgIpc) is 2.24. The van der Waals surface area contributed by atoms with Crippen molar-refractivity contribution in [1.29, 1.82) is 0 Å². The first kappa shape index (κ1) is 16.5. The summed E-state index contributed by atoms with van der Waals surface area (Å²) >= 11 is 7.69. The summed E-state index contributed by atoms with van der Waals surface area (Å²) in [6.07, 6.45) is 0. The lowest BCUT2D eigenvalue weighted by Crippen LogP contribution is -2.40. The minimum absolute atomic E-state index is 0.0330. The molecule has 3 nitrogen and oxygen atoms in total. The molecule has 0 aliphatic carbocycles. The van der Waals surface area contributed by atoms with Crippen molar-refractivity contribution < 1.29 is 4.79 Å². The van der Waals surface area contributed by atoms with Gasteiger partial charge in [0.25, 0.3) is 5.91 Å². The zero-order valence-corrected chi connectivity index (χ0v) is 14.3. The van der Waals surface area contributed by atoms with E-state index in [0.717, 1.165) is 11.0 Å². The van der Waals surface area contributed by atoms with E-state index in [2.05, 4.69) is 52.6 Å². The smallest absolute Gasteiger partial charge is 0.252 e. The number of carbonyl (C=O) groups is 1. The number of amides is 1. The molecule has 0 saturated heterocycles. The number of carbonyl (C=O) groups excluding carboxylic acids is 1. The van der Waals surface area contributed by atoms with Crippen LogP contribution in [0.1, 0.15) is 24.2 Å². The third-order valence-electron chi connectivity index (χ3n) is 2.68. The molecule has 1 N–H and O–H groups in total. The molecule has 0 aliphatic rings. The third kappa shape index (κ3) is 5.55. The highest BCUT2D eigenvalue weighted by Gasteiger charge is 2.20. The van der Waals surface area contributed by atoms with Gasteiger partial charge >= 0.3 is 0 Å². The monoisotopic (exact) mass is 344 g/mol. The van der Waals surface area contributed by atoms with Crippen LogP contribution in [0.4, 0.5) is 0 Å². The van der Waals surface area contributed by atoms with Crippen LogP contribution in [0.2, 0.25) is 0 Å². The number of nitrogens with zero attached hydrogens (tertiary/aromatic N) is 1. The Kier molecular flexibility index (Phi) is 5.89. The van der Waals surface area contributed by atoms with Crippen LogP contribution in [-0.4, -0.2) is 38.0 Å². The molecular weight excluding hydrogens is 324 g/mol. The summed E-state index contributed by atoms with van der Waals surface area (Å²) in [6, 6.07) is 5.45. The van der Waals surface area contributed by atoms with Crippen LogP contribution in [0.15, 0.2) is 27.6 Å². The van der Waals surface area contributed by atoms with Gasteiger partial charge in [0.1, 0.15) is 0 Å². The van der Waals surface area contributed by atoms with E-state index in [9.17, 15) is 4.79 Å². The molecule has 0 unspecified atom stereocenters. The van der Waals surface area contributed by atoms with Crippen LogP contribution in [0.5, 0.6) is 0 Å². The van der Waals surface area contributed by atoms with Gasteiger partial charge in [-0.25, -0.2) is 0 Å². The molecule has 1 amide bonds. The van der Waals surface area contributed by atoms with E-state index in [0.29, 0.717) is 17.0 Å². The van der Waals surface area contributed by atoms with Crippen molar-refractivity contribution in [3.63, 3.8) is 0 Å². The predicted molar refractivity (Wildman–Crippen MR) is 86.1 cm³/mol. The van der Waals surface area contributed by atoms with Gasteiger partial charge in [0.15, 0.2) is 0 Å². The van der Waals surface area contributed by atoms with Crippen molar-refractivity contribution in [2.24, 2.45) is 5.41 Å². The largest absolute Gasteiger partial charge is 0.351 e. The van der Waals surface area contributed by atoms with Crippen LogP contribution in [0, 0.1) is 5.41 Å². The lowest BCUT2D eigenvalue weighted by Gasteiger charge is -2.28. The minimum Gasteiger partial charge on any atom is -0.351 e. The number of thiol groups is 1. The molecule has 5 heteroatoms. The zero-order valence-electron chi connectivity index (χ0n) is 11.8. The molecule has 0 aromatic heterocycles. The molecule has 1 rings (SSSR count). The highest BCUT2D eigenvalue weighted by molar-refractivity contribution is 9.10. The van der Waals surface area contributed by atoms with Crippen molar-refractivity contribution in [1.82, 2.24) is 10.2 Å². The molecule has 0 heterocycles. The van der Waals surface area contributed by atoms with Gasteiger partial charge in [-0.1, -0.05) is 29.8 Å². The van der Waals surface area contributed by atoms with E-state index in [4.69, 9.17) is 0 Å². The van der Waals surface area contributed by atoms with Gasteiger partial charge in [0.05, 0.1) is 5.56 Å². The summed E-state index contributed by atoms with van der Waals surface area (Å²) in [7, 11) is 4.06. The van der Waals surface area contributed by atoms with Crippen LogP contribution < -0.4 is 5.32 Å². The maximum absolute atomic E-state index is 12.1. The summed E-state index contributed by atoms with van der Waals surface area (Å²) in [5, 5.41) is 2.98. The highest BCUT2D eigenvalue weighted by Crippen LogP contribution is 2.20.